The van der Waals surface area contributed by atoms with Crippen molar-refractivity contribution in [3.05, 3.63) is 53.2 Å². The van der Waals surface area contributed by atoms with Crippen molar-refractivity contribution < 1.29 is 18.7 Å². The van der Waals surface area contributed by atoms with Gasteiger partial charge in [0.15, 0.2) is 22.3 Å². The Morgan fingerprint density at radius 2 is 1.97 bits per heavy atom. The largest absolute Gasteiger partial charge is 0.490 e. The third-order valence-electron chi connectivity index (χ3n) is 5.28. The maximum Gasteiger partial charge on any atom is 0.254 e. The Morgan fingerprint density at radius 1 is 1.12 bits per heavy atom. The van der Waals surface area contributed by atoms with Gasteiger partial charge in [0.25, 0.3) is 5.91 Å². The lowest BCUT2D eigenvalue weighted by Gasteiger charge is -2.34. The van der Waals surface area contributed by atoms with Gasteiger partial charge in [-0.15, -0.1) is 11.3 Å². The molecule has 1 aliphatic heterocycles. The van der Waals surface area contributed by atoms with Gasteiger partial charge in [-0.2, -0.15) is 0 Å². The standard InChI is InChI=1S/C24H29N3O4S/c1-3-13-30-20-8-7-18(15-22(20)29-4-2)24(28)27-11-9-26(10-12-27)16-19-17-32-23(25-19)21-6-5-14-31-21/h5-8,14-15,17H,3-4,9-13,16H2,1-2H3. The van der Waals surface area contributed by atoms with Gasteiger partial charge in [-0.3, -0.25) is 9.69 Å². The number of aromatic nitrogens is 1. The van der Waals surface area contributed by atoms with E-state index in [1.165, 1.54) is 0 Å². The summed E-state index contributed by atoms with van der Waals surface area (Å²) in [5, 5.41) is 2.97. The van der Waals surface area contributed by atoms with Crippen LogP contribution in [0.15, 0.2) is 46.4 Å². The first kappa shape index (κ1) is 22.4. The van der Waals surface area contributed by atoms with Gasteiger partial charge >= 0.3 is 0 Å². The molecule has 32 heavy (non-hydrogen) atoms. The first-order chi connectivity index (χ1) is 15.7. The van der Waals surface area contributed by atoms with Crippen LogP contribution < -0.4 is 9.47 Å². The van der Waals surface area contributed by atoms with Crippen LogP contribution in [0.1, 0.15) is 36.3 Å². The van der Waals surface area contributed by atoms with Gasteiger partial charge in [0.2, 0.25) is 0 Å². The number of piperazine rings is 1. The SMILES string of the molecule is CCCOc1ccc(C(=O)N2CCN(Cc3csc(-c4ccco4)n3)CC2)cc1OCC. The molecule has 2 aromatic heterocycles. The first-order valence-electron chi connectivity index (χ1n) is 11.1. The predicted octanol–water partition coefficient (Wildman–Crippen LogP) is 4.55. The van der Waals surface area contributed by atoms with Crippen molar-refractivity contribution in [3.8, 4) is 22.3 Å². The third kappa shape index (κ3) is 5.31. The maximum atomic E-state index is 13.1. The summed E-state index contributed by atoms with van der Waals surface area (Å²) in [5.41, 5.74) is 1.67. The Hall–Kier alpha value is -2.84. The number of hydrogen-bond acceptors (Lipinski definition) is 7. The van der Waals surface area contributed by atoms with Crippen molar-refractivity contribution in [1.29, 1.82) is 0 Å². The number of amides is 1. The highest BCUT2D eigenvalue weighted by molar-refractivity contribution is 7.13. The van der Waals surface area contributed by atoms with Gasteiger partial charge < -0.3 is 18.8 Å². The number of rotatable bonds is 9. The quantitative estimate of drug-likeness (QED) is 0.472. The molecule has 3 aromatic rings. The molecule has 0 radical (unpaired) electrons. The molecule has 3 heterocycles. The number of nitrogens with zero attached hydrogens (tertiary/aromatic N) is 3. The normalized spacial score (nSPS) is 14.5. The predicted molar refractivity (Wildman–Crippen MR) is 124 cm³/mol. The molecule has 1 amide bonds. The van der Waals surface area contributed by atoms with E-state index in [-0.39, 0.29) is 5.91 Å². The molecule has 0 spiro atoms. The summed E-state index contributed by atoms with van der Waals surface area (Å²) >= 11 is 1.59. The number of furan rings is 1. The van der Waals surface area contributed by atoms with Gasteiger partial charge in [-0.1, -0.05) is 6.92 Å². The second kappa shape index (κ2) is 10.7. The van der Waals surface area contributed by atoms with E-state index < -0.39 is 0 Å². The Morgan fingerprint density at radius 3 is 2.69 bits per heavy atom. The molecule has 0 saturated carbocycles. The summed E-state index contributed by atoms with van der Waals surface area (Å²) in [4.78, 5) is 22.0. The minimum atomic E-state index is 0.0291. The Balaban J connectivity index is 1.33. The molecule has 170 valence electrons. The Labute approximate surface area is 192 Å². The molecule has 0 unspecified atom stereocenters. The highest BCUT2D eigenvalue weighted by Crippen LogP contribution is 2.29. The summed E-state index contributed by atoms with van der Waals surface area (Å²) in [7, 11) is 0. The van der Waals surface area contributed by atoms with Crippen LogP contribution in [0.4, 0.5) is 0 Å². The number of hydrogen-bond donors (Lipinski definition) is 0. The minimum Gasteiger partial charge on any atom is -0.490 e. The van der Waals surface area contributed by atoms with E-state index in [4.69, 9.17) is 13.9 Å². The zero-order valence-corrected chi connectivity index (χ0v) is 19.4. The fraction of sp³-hybridized carbons (Fsp3) is 0.417. The van der Waals surface area contributed by atoms with E-state index in [9.17, 15) is 4.79 Å². The van der Waals surface area contributed by atoms with Crippen LogP contribution in [0, 0.1) is 0 Å². The topological polar surface area (TPSA) is 68.0 Å². The monoisotopic (exact) mass is 455 g/mol. The van der Waals surface area contributed by atoms with Crippen LogP contribution in [0.2, 0.25) is 0 Å². The molecule has 1 aromatic carbocycles. The van der Waals surface area contributed by atoms with E-state index in [1.807, 2.05) is 36.1 Å². The number of ether oxygens (including phenoxy) is 2. The minimum absolute atomic E-state index is 0.0291. The lowest BCUT2D eigenvalue weighted by atomic mass is 10.1. The number of benzene rings is 1. The molecule has 4 rings (SSSR count). The van der Waals surface area contributed by atoms with Gasteiger partial charge in [-0.05, 0) is 43.7 Å². The second-order valence-electron chi connectivity index (χ2n) is 7.63. The van der Waals surface area contributed by atoms with Crippen molar-refractivity contribution >= 4 is 17.2 Å². The lowest BCUT2D eigenvalue weighted by Crippen LogP contribution is -2.48. The van der Waals surface area contributed by atoms with E-state index in [0.29, 0.717) is 43.4 Å². The zero-order chi connectivity index (χ0) is 22.3. The van der Waals surface area contributed by atoms with Gasteiger partial charge in [0.1, 0.15) is 0 Å². The molecule has 0 aliphatic carbocycles. The molecule has 7 nitrogen and oxygen atoms in total. The fourth-order valence-electron chi connectivity index (χ4n) is 3.65. The Kier molecular flexibility index (Phi) is 7.44. The summed E-state index contributed by atoms with van der Waals surface area (Å²) in [6.45, 7) is 8.91. The molecule has 0 bridgehead atoms. The van der Waals surface area contributed by atoms with E-state index in [1.54, 1.807) is 23.7 Å². The van der Waals surface area contributed by atoms with Crippen molar-refractivity contribution in [2.75, 3.05) is 39.4 Å². The smallest absolute Gasteiger partial charge is 0.254 e. The summed E-state index contributed by atoms with van der Waals surface area (Å²) in [6.07, 6.45) is 2.58. The number of carbonyl (C=O) groups excluding carboxylic acids is 1. The van der Waals surface area contributed by atoms with Crippen LogP contribution in [0.25, 0.3) is 10.8 Å². The highest BCUT2D eigenvalue weighted by atomic mass is 32.1. The lowest BCUT2D eigenvalue weighted by molar-refractivity contribution is 0.0626. The second-order valence-corrected chi connectivity index (χ2v) is 8.49. The third-order valence-corrected chi connectivity index (χ3v) is 6.19. The Bertz CT molecular complexity index is 1010. The van der Waals surface area contributed by atoms with Crippen LogP contribution in [-0.2, 0) is 6.54 Å². The summed E-state index contributed by atoms with van der Waals surface area (Å²) < 4.78 is 16.9. The van der Waals surface area contributed by atoms with Gasteiger partial charge in [-0.25, -0.2) is 4.98 Å². The highest BCUT2D eigenvalue weighted by Gasteiger charge is 2.24. The first-order valence-corrected chi connectivity index (χ1v) is 12.0. The van der Waals surface area contributed by atoms with E-state index >= 15 is 0 Å². The average Bonchev–Trinajstić information content (AvgIpc) is 3.51. The van der Waals surface area contributed by atoms with Crippen molar-refractivity contribution in [2.45, 2.75) is 26.8 Å². The average molecular weight is 456 g/mol. The molecule has 0 N–H and O–H groups in total. The molecule has 1 fully saturated rings. The summed E-state index contributed by atoms with van der Waals surface area (Å²) in [6, 6.07) is 9.26. The molecular weight excluding hydrogens is 426 g/mol. The molecule has 1 saturated heterocycles. The van der Waals surface area contributed by atoms with Crippen molar-refractivity contribution in [1.82, 2.24) is 14.8 Å². The maximum absolute atomic E-state index is 13.1. The number of carbonyl (C=O) groups is 1. The number of thiazole rings is 1. The van der Waals surface area contributed by atoms with Gasteiger partial charge in [0.05, 0.1) is 25.2 Å². The summed E-state index contributed by atoms with van der Waals surface area (Å²) in [5.74, 6) is 2.14. The fourth-order valence-corrected chi connectivity index (χ4v) is 4.43. The molecule has 8 heteroatoms. The molecule has 1 aliphatic rings. The van der Waals surface area contributed by atoms with Gasteiger partial charge in [0, 0.05) is 43.7 Å². The van der Waals surface area contributed by atoms with Crippen LogP contribution in [0.3, 0.4) is 0 Å². The van der Waals surface area contributed by atoms with Crippen molar-refractivity contribution in [3.63, 3.8) is 0 Å². The van der Waals surface area contributed by atoms with Crippen LogP contribution >= 0.6 is 11.3 Å². The van der Waals surface area contributed by atoms with E-state index in [0.717, 1.165) is 42.5 Å². The zero-order valence-electron chi connectivity index (χ0n) is 18.6. The van der Waals surface area contributed by atoms with E-state index in [2.05, 4.69) is 22.2 Å². The van der Waals surface area contributed by atoms with Crippen LogP contribution in [0.5, 0.6) is 11.5 Å². The van der Waals surface area contributed by atoms with Crippen molar-refractivity contribution in [2.24, 2.45) is 0 Å². The molecular formula is C24H29N3O4S. The van der Waals surface area contributed by atoms with Crippen LogP contribution in [-0.4, -0.2) is 60.1 Å². The molecule has 0 atom stereocenters.